The lowest BCUT2D eigenvalue weighted by atomic mass is 9.47. The normalized spacial score (nSPS) is 34.0. The number of nitrogens with two attached hydrogens (primary N) is 3. The lowest BCUT2D eigenvalue weighted by Crippen LogP contribution is -2.63. The molecule has 4 unspecified atom stereocenters. The van der Waals surface area contributed by atoms with Crippen LogP contribution in [-0.2, 0) is 39.6 Å². The Morgan fingerprint density at radius 2 is 1.00 bits per heavy atom. The fourth-order valence-corrected chi connectivity index (χ4v) is 16.4. The molecule has 372 valence electrons. The maximum absolute atomic E-state index is 13.3. The quantitative estimate of drug-likeness (QED) is 0.243. The Kier molecular flexibility index (Phi) is 15.6. The van der Waals surface area contributed by atoms with Gasteiger partial charge in [0.25, 0.3) is 0 Å². The number of carboxylic acids is 1. The molecule has 0 radical (unpaired) electrons. The van der Waals surface area contributed by atoms with E-state index in [-0.39, 0.29) is 93.6 Å². The topological polar surface area (TPSA) is 260 Å². The fraction of sp³-hybridized carbons (Fsp3) is 0.644. The van der Waals surface area contributed by atoms with Gasteiger partial charge in [-0.15, -0.1) is 12.4 Å². The summed E-state index contributed by atoms with van der Waals surface area (Å²) >= 11 is 0. The number of carbonyl (C=O) groups is 4. The van der Waals surface area contributed by atoms with Crippen LogP contribution in [0.4, 0.5) is 20.2 Å². The molecule has 8 N–H and O–H groups in total. The number of benzene rings is 2. The average Bonchev–Trinajstić information content (AvgIpc) is 3.23. The van der Waals surface area contributed by atoms with Crippen molar-refractivity contribution in [3.05, 3.63) is 60.2 Å². The van der Waals surface area contributed by atoms with E-state index in [1.807, 2.05) is 0 Å². The number of primary amides is 2. The smallest absolute Gasteiger partial charge is 0.318 e. The van der Waals surface area contributed by atoms with Crippen molar-refractivity contribution < 1.29 is 49.9 Å². The van der Waals surface area contributed by atoms with Crippen LogP contribution < -0.4 is 31.1 Å². The third kappa shape index (κ3) is 10.4. The second-order valence-corrected chi connectivity index (χ2v) is 23.5. The number of halogens is 3. The fourth-order valence-electron chi connectivity index (χ4n) is 13.1. The monoisotopic (exact) mass is 998 g/mol. The Morgan fingerprint density at radius 3 is 1.39 bits per heavy atom. The molecule has 2 saturated heterocycles. The summed E-state index contributed by atoms with van der Waals surface area (Å²) in [5.74, 6) is 0.101. The predicted octanol–water partition coefficient (Wildman–Crippen LogP) is 3.73. The van der Waals surface area contributed by atoms with Crippen LogP contribution >= 0.6 is 12.4 Å². The molecule has 67 heavy (non-hydrogen) atoms. The molecular formula is C45H65ClF2N8O9S2. The summed E-state index contributed by atoms with van der Waals surface area (Å²) in [5, 5.41) is 11.8. The third-order valence-electron chi connectivity index (χ3n) is 15.6. The molecule has 8 aliphatic carbocycles. The van der Waals surface area contributed by atoms with Crippen LogP contribution in [0.3, 0.4) is 0 Å². The second-order valence-electron chi connectivity index (χ2n) is 19.8. The lowest BCUT2D eigenvalue weighted by molar-refractivity contribution is -0.147. The highest BCUT2D eigenvalue weighted by Crippen LogP contribution is 2.61. The minimum atomic E-state index is -3.89. The van der Waals surface area contributed by atoms with Gasteiger partial charge in [-0.1, -0.05) is 7.43 Å². The molecule has 4 atom stereocenters. The van der Waals surface area contributed by atoms with Gasteiger partial charge >= 0.3 is 26.4 Å². The third-order valence-corrected chi connectivity index (χ3v) is 19.4. The van der Waals surface area contributed by atoms with Gasteiger partial charge in [0.15, 0.2) is 0 Å². The van der Waals surface area contributed by atoms with Gasteiger partial charge in [0.05, 0.1) is 17.9 Å². The zero-order valence-electron chi connectivity index (χ0n) is 36.7. The van der Waals surface area contributed by atoms with Crippen LogP contribution in [0.15, 0.2) is 48.5 Å². The number of carbonyl (C=O) groups excluding carboxylic acids is 3. The number of hydrogen-bond donors (Lipinski definition) is 5. The second kappa shape index (κ2) is 20.1. The predicted molar refractivity (Wildman–Crippen MR) is 250 cm³/mol. The molecule has 17 nitrogen and oxygen atoms in total. The highest BCUT2D eigenvalue weighted by molar-refractivity contribution is 7.90. The molecule has 2 heterocycles. The van der Waals surface area contributed by atoms with Crippen LogP contribution in [0.25, 0.3) is 0 Å². The van der Waals surface area contributed by atoms with Gasteiger partial charge in [-0.05, 0) is 161 Å². The van der Waals surface area contributed by atoms with E-state index < -0.39 is 50.0 Å². The standard InChI is InChI=1S/C22H29FN4O4S.C11H13FN2O4S.C11H18N2O.CH4.ClH/c23-17-2-4-18(5-3-17)27-7-1-6-26(32(27,30)31)13-19(28)25-20-15-8-14-9-16(20)12-22(10-14,11-15)21(24)29;12-9-2-4-10(5-3-9)14-7-1-6-13(8-11(15)16)19(14,17)18;12-9-7-1-6-2-8(9)5-11(3-6,4-7)10(13)14;;/h2-5,14-16,20H,1,6-13H2,(H2,24,29)(H,25,28);2-5H,1,6-8H2,(H,15,16);6-9H,1-5,12H2,(H2,13,14);1H4;1H. The van der Waals surface area contributed by atoms with E-state index in [2.05, 4.69) is 5.32 Å². The first-order chi connectivity index (χ1) is 30.7. The van der Waals surface area contributed by atoms with Gasteiger partial charge < -0.3 is 27.6 Å². The van der Waals surface area contributed by atoms with Crippen molar-refractivity contribution in [2.75, 3.05) is 47.9 Å². The summed E-state index contributed by atoms with van der Waals surface area (Å²) < 4.78 is 81.2. The van der Waals surface area contributed by atoms with E-state index in [4.69, 9.17) is 22.3 Å². The molecule has 0 aromatic heterocycles. The van der Waals surface area contributed by atoms with Crippen molar-refractivity contribution in [2.45, 2.75) is 96.6 Å². The number of amides is 3. The molecule has 2 aromatic carbocycles. The van der Waals surface area contributed by atoms with Crippen LogP contribution in [0.1, 0.15) is 84.5 Å². The van der Waals surface area contributed by atoms with Gasteiger partial charge in [-0.25, -0.2) is 8.78 Å². The van der Waals surface area contributed by atoms with Crippen molar-refractivity contribution in [1.29, 1.82) is 0 Å². The van der Waals surface area contributed by atoms with E-state index in [1.54, 1.807) is 0 Å². The number of hydrogen-bond acceptors (Lipinski definition) is 9. The number of nitrogens with one attached hydrogen (secondary N) is 1. The Morgan fingerprint density at radius 1 is 0.627 bits per heavy atom. The van der Waals surface area contributed by atoms with Crippen molar-refractivity contribution in [3.63, 3.8) is 0 Å². The lowest BCUT2D eigenvalue weighted by Gasteiger charge is -2.58. The summed E-state index contributed by atoms with van der Waals surface area (Å²) in [4.78, 5) is 47.2. The molecule has 22 heteroatoms. The number of rotatable bonds is 9. The number of anilines is 2. The number of nitrogens with zero attached hydrogens (tertiary/aromatic N) is 4. The van der Waals surface area contributed by atoms with E-state index in [1.165, 1.54) is 70.0 Å². The van der Waals surface area contributed by atoms with Gasteiger partial charge in [0.1, 0.15) is 18.2 Å². The van der Waals surface area contributed by atoms with Crippen molar-refractivity contribution in [1.82, 2.24) is 13.9 Å². The highest BCUT2D eigenvalue weighted by Gasteiger charge is 2.59. The van der Waals surface area contributed by atoms with Crippen molar-refractivity contribution in [3.8, 4) is 0 Å². The van der Waals surface area contributed by atoms with Crippen LogP contribution in [-0.4, -0.2) is 106 Å². The molecule has 2 aliphatic heterocycles. The molecule has 10 fully saturated rings. The number of aliphatic carboxylic acids is 1. The maximum atomic E-state index is 13.3. The zero-order valence-corrected chi connectivity index (χ0v) is 39.1. The van der Waals surface area contributed by atoms with Gasteiger partial charge in [0.2, 0.25) is 17.7 Å². The number of carboxylic acid groups (broad SMARTS) is 1. The molecule has 2 aromatic rings. The zero-order chi connectivity index (χ0) is 46.6. The summed E-state index contributed by atoms with van der Waals surface area (Å²) in [6.07, 6.45) is 10.8. The molecule has 0 spiro atoms. The summed E-state index contributed by atoms with van der Waals surface area (Å²) in [7, 11) is -7.75. The molecule has 12 rings (SSSR count). The Labute approximate surface area is 398 Å². The SMILES string of the molecule is C.Cl.NC(=O)C12CC3CC(C1)C(N)C(C3)C2.NC(=O)C12CC3CC(C1)C(NC(=O)CN1CCCN(c4ccc(F)cc4)S1(=O)=O)C(C3)C2.O=C(O)CN1CCCN(c2ccc(F)cc2)S1(=O)=O. The van der Waals surface area contributed by atoms with Crippen LogP contribution in [0.2, 0.25) is 0 Å². The first-order valence-corrected chi connectivity index (χ1v) is 25.4. The Balaban J connectivity index is 0.000000180. The molecule has 3 amide bonds. The summed E-state index contributed by atoms with van der Waals surface area (Å²) in [6.45, 7) is 0.157. The largest absolute Gasteiger partial charge is 0.480 e. The van der Waals surface area contributed by atoms with Gasteiger partial charge in [-0.2, -0.15) is 25.4 Å². The minimum absolute atomic E-state index is 0. The van der Waals surface area contributed by atoms with E-state index in [9.17, 15) is 44.8 Å². The first kappa shape index (κ1) is 52.2. The first-order valence-electron chi connectivity index (χ1n) is 22.6. The van der Waals surface area contributed by atoms with E-state index in [0.717, 1.165) is 53.1 Å². The van der Waals surface area contributed by atoms with Crippen LogP contribution in [0.5, 0.6) is 0 Å². The van der Waals surface area contributed by atoms with Crippen LogP contribution in [0, 0.1) is 58.0 Å². The molecule has 8 bridgehead atoms. The average molecular weight is 1000 g/mol. The van der Waals surface area contributed by atoms with Gasteiger partial charge in [-0.3, -0.25) is 27.8 Å². The summed E-state index contributed by atoms with van der Waals surface area (Å²) in [6, 6.07) is 10.7. The summed E-state index contributed by atoms with van der Waals surface area (Å²) in [5.41, 5.74) is 17.6. The van der Waals surface area contributed by atoms with E-state index >= 15 is 0 Å². The Bertz CT molecular complexity index is 2350. The Hall–Kier alpha value is -4.15. The molecule has 10 aliphatic rings. The van der Waals surface area contributed by atoms with Crippen molar-refractivity contribution in [2.24, 2.45) is 63.5 Å². The minimum Gasteiger partial charge on any atom is -0.480 e. The van der Waals surface area contributed by atoms with E-state index in [0.29, 0.717) is 60.9 Å². The molecule has 8 saturated carbocycles. The van der Waals surface area contributed by atoms with Gasteiger partial charge in [0, 0.05) is 49.1 Å². The maximum Gasteiger partial charge on any atom is 0.318 e. The highest BCUT2D eigenvalue weighted by atomic mass is 35.5. The van der Waals surface area contributed by atoms with Crippen molar-refractivity contribution >= 4 is 67.9 Å². The molecular weight excluding hydrogens is 934 g/mol.